The van der Waals surface area contributed by atoms with Crippen molar-refractivity contribution in [3.8, 4) is 0 Å². The van der Waals surface area contributed by atoms with Crippen LogP contribution in [0.3, 0.4) is 0 Å². The summed E-state index contributed by atoms with van der Waals surface area (Å²) in [5.74, 6) is -2.78. The minimum absolute atomic E-state index is 0.287. The van der Waals surface area contributed by atoms with Gasteiger partial charge in [0.1, 0.15) is 10.6 Å². The maximum atomic E-state index is 13.1. The van der Waals surface area contributed by atoms with Gasteiger partial charge >= 0.3 is 0 Å². The number of aliphatic hydroxyl groups excluding tert-OH is 1. The summed E-state index contributed by atoms with van der Waals surface area (Å²) in [4.78, 5) is 11.0. The number of benzene rings is 1. The molecule has 1 saturated carbocycles. The van der Waals surface area contributed by atoms with Gasteiger partial charge < -0.3 is 9.90 Å². The molecule has 0 spiro atoms. The van der Waals surface area contributed by atoms with Crippen LogP contribution in [0.15, 0.2) is 18.2 Å². The van der Waals surface area contributed by atoms with Crippen molar-refractivity contribution in [1.29, 1.82) is 0 Å². The molecule has 92 valence electrons. The second-order valence-corrected chi connectivity index (χ2v) is 5.43. The lowest BCUT2D eigenvalue weighted by molar-refractivity contribution is -0.113. The van der Waals surface area contributed by atoms with Crippen molar-refractivity contribution < 1.29 is 18.7 Å². The minimum atomic E-state index is -1.49. The number of hydrogen-bond donors (Lipinski definition) is 1. The van der Waals surface area contributed by atoms with Gasteiger partial charge in [-0.15, -0.1) is 0 Å². The first-order chi connectivity index (χ1) is 7.90. The van der Waals surface area contributed by atoms with E-state index in [4.69, 9.17) is 23.2 Å². The highest BCUT2D eigenvalue weighted by atomic mass is 35.5. The summed E-state index contributed by atoms with van der Waals surface area (Å²) in [5, 5.41) is 9.18. The largest absolute Gasteiger partial charge is 0.395 e. The van der Waals surface area contributed by atoms with E-state index in [1.165, 1.54) is 6.07 Å². The van der Waals surface area contributed by atoms with Crippen molar-refractivity contribution in [3.63, 3.8) is 0 Å². The van der Waals surface area contributed by atoms with Gasteiger partial charge in [-0.3, -0.25) is 0 Å². The van der Waals surface area contributed by atoms with Crippen LogP contribution in [-0.2, 0) is 4.79 Å². The highest BCUT2D eigenvalue weighted by Crippen LogP contribution is 2.72. The first-order valence-electron chi connectivity index (χ1n) is 4.80. The Morgan fingerprint density at radius 1 is 1.35 bits per heavy atom. The molecule has 1 aromatic rings. The highest BCUT2D eigenvalue weighted by Gasteiger charge is 2.76. The lowest BCUT2D eigenvalue weighted by Gasteiger charge is -2.04. The second kappa shape index (κ2) is 3.90. The molecule has 2 atom stereocenters. The molecule has 0 aliphatic heterocycles. The van der Waals surface area contributed by atoms with Crippen LogP contribution >= 0.6 is 23.2 Å². The van der Waals surface area contributed by atoms with Crippen LogP contribution in [0.5, 0.6) is 0 Å². The van der Waals surface area contributed by atoms with Crippen molar-refractivity contribution in [2.75, 3.05) is 6.61 Å². The molecule has 1 N–H and O–H groups in total. The first kappa shape index (κ1) is 12.7. The topological polar surface area (TPSA) is 37.3 Å². The third-order valence-corrected chi connectivity index (χ3v) is 4.30. The molecular weight excluding hydrogens is 273 g/mol. The second-order valence-electron chi connectivity index (χ2n) is 4.05. The zero-order valence-corrected chi connectivity index (χ0v) is 9.97. The Morgan fingerprint density at radius 2 is 2.00 bits per heavy atom. The zero-order valence-electron chi connectivity index (χ0n) is 8.46. The Labute approximate surface area is 106 Å². The van der Waals surface area contributed by atoms with E-state index in [-0.39, 0.29) is 5.56 Å². The van der Waals surface area contributed by atoms with Crippen LogP contribution in [0.25, 0.3) is 0 Å². The summed E-state index contributed by atoms with van der Waals surface area (Å²) in [6.07, 6.45) is 0.457. The number of halogens is 4. The molecule has 0 saturated heterocycles. The number of rotatable bonds is 3. The minimum Gasteiger partial charge on any atom is -0.395 e. The Hall–Kier alpha value is -0.710. The van der Waals surface area contributed by atoms with Crippen molar-refractivity contribution >= 4 is 29.5 Å². The molecule has 2 nitrogen and oxygen atoms in total. The van der Waals surface area contributed by atoms with E-state index in [1.54, 1.807) is 0 Å². The van der Waals surface area contributed by atoms with E-state index in [0.717, 1.165) is 12.1 Å². The molecule has 0 heterocycles. The van der Waals surface area contributed by atoms with E-state index in [1.807, 2.05) is 0 Å². The van der Waals surface area contributed by atoms with Crippen LogP contribution in [0, 0.1) is 17.0 Å². The van der Waals surface area contributed by atoms with Crippen molar-refractivity contribution in [1.82, 2.24) is 0 Å². The molecule has 0 aromatic heterocycles. The maximum absolute atomic E-state index is 13.1. The Morgan fingerprint density at radius 3 is 2.41 bits per heavy atom. The van der Waals surface area contributed by atoms with Gasteiger partial charge in [-0.2, -0.15) is 0 Å². The molecule has 17 heavy (non-hydrogen) atoms. The normalized spacial score (nSPS) is 30.1. The Balaban J connectivity index is 2.43. The first-order valence-corrected chi connectivity index (χ1v) is 5.56. The number of carbonyl (C=O) groups excluding carboxylic acids is 1. The lowest BCUT2D eigenvalue weighted by Crippen LogP contribution is -2.16. The number of aldehydes is 1. The summed E-state index contributed by atoms with van der Waals surface area (Å²) >= 11 is 11.8. The van der Waals surface area contributed by atoms with Gasteiger partial charge in [0.05, 0.1) is 12.0 Å². The third-order valence-electron chi connectivity index (χ3n) is 3.16. The summed E-state index contributed by atoms with van der Waals surface area (Å²) in [5.41, 5.74) is -1.06. The van der Waals surface area contributed by atoms with Crippen molar-refractivity contribution in [2.45, 2.75) is 10.3 Å². The lowest BCUT2D eigenvalue weighted by atomic mass is 10.0. The molecule has 1 aromatic carbocycles. The van der Waals surface area contributed by atoms with Crippen LogP contribution < -0.4 is 0 Å². The quantitative estimate of drug-likeness (QED) is 0.682. The monoisotopic (exact) mass is 280 g/mol. The summed E-state index contributed by atoms with van der Waals surface area (Å²) in [6, 6.07) is 3.16. The van der Waals surface area contributed by atoms with Gasteiger partial charge in [-0.25, -0.2) is 8.78 Å². The summed E-state index contributed by atoms with van der Waals surface area (Å²) < 4.78 is 24.3. The van der Waals surface area contributed by atoms with E-state index in [2.05, 4.69) is 0 Å². The molecule has 6 heteroatoms. The molecule has 1 aliphatic rings. The maximum Gasteiger partial charge on any atom is 0.159 e. The fraction of sp³-hybridized carbons (Fsp3) is 0.364. The molecule has 0 radical (unpaired) electrons. The molecular formula is C11H8Cl2F2O2. The fourth-order valence-electron chi connectivity index (χ4n) is 2.06. The van der Waals surface area contributed by atoms with Crippen LogP contribution in [0.1, 0.15) is 11.5 Å². The predicted molar refractivity (Wildman–Crippen MR) is 59.1 cm³/mol. The van der Waals surface area contributed by atoms with E-state index in [0.29, 0.717) is 6.29 Å². The van der Waals surface area contributed by atoms with Crippen LogP contribution in [0.4, 0.5) is 8.78 Å². The van der Waals surface area contributed by atoms with Gasteiger partial charge in [0, 0.05) is 5.92 Å². The van der Waals surface area contributed by atoms with Gasteiger partial charge in [-0.05, 0) is 17.7 Å². The standard InChI is InChI=1S/C11H8Cl2F2O2/c12-11(13)9(10(11,4-16)5-17)6-1-2-7(14)8(15)3-6/h1-4,9,17H,5H2. The number of alkyl halides is 2. The average Bonchev–Trinajstić information content (AvgIpc) is 2.79. The third kappa shape index (κ3) is 1.58. The highest BCUT2D eigenvalue weighted by molar-refractivity contribution is 6.54. The van der Waals surface area contributed by atoms with Crippen LogP contribution in [0.2, 0.25) is 0 Å². The van der Waals surface area contributed by atoms with E-state index in [9.17, 15) is 18.7 Å². The summed E-state index contributed by atoms with van der Waals surface area (Å²) in [6.45, 7) is -0.548. The predicted octanol–water partition coefficient (Wildman–Crippen LogP) is 2.41. The Bertz CT molecular complexity index is 479. The van der Waals surface area contributed by atoms with Gasteiger partial charge in [0.25, 0.3) is 0 Å². The van der Waals surface area contributed by atoms with Gasteiger partial charge in [-0.1, -0.05) is 29.3 Å². The number of carbonyl (C=O) groups is 1. The Kier molecular flexibility index (Phi) is 2.92. The van der Waals surface area contributed by atoms with Crippen LogP contribution in [-0.4, -0.2) is 22.3 Å². The molecule has 2 unspecified atom stereocenters. The van der Waals surface area contributed by atoms with Crippen molar-refractivity contribution in [3.05, 3.63) is 35.4 Å². The molecule has 2 rings (SSSR count). The molecule has 1 aliphatic carbocycles. The fourth-order valence-corrected chi connectivity index (χ4v) is 3.01. The van der Waals surface area contributed by atoms with E-state index >= 15 is 0 Å². The molecule has 0 bridgehead atoms. The molecule has 1 fully saturated rings. The van der Waals surface area contributed by atoms with Gasteiger partial charge in [0.15, 0.2) is 11.6 Å². The zero-order chi connectivity index (χ0) is 12.8. The number of aliphatic hydroxyl groups is 1. The van der Waals surface area contributed by atoms with Crippen molar-refractivity contribution in [2.24, 2.45) is 5.41 Å². The number of hydrogen-bond acceptors (Lipinski definition) is 2. The smallest absolute Gasteiger partial charge is 0.159 e. The van der Waals surface area contributed by atoms with E-state index < -0.39 is 33.9 Å². The molecule has 0 amide bonds. The van der Waals surface area contributed by atoms with Gasteiger partial charge in [0.2, 0.25) is 0 Å². The average molecular weight is 281 g/mol. The summed E-state index contributed by atoms with van der Waals surface area (Å²) in [7, 11) is 0. The SMILES string of the molecule is O=CC1(CO)C(c2ccc(F)c(F)c2)C1(Cl)Cl.